The molecule has 3 aromatic rings. The molecule has 6 nitrogen and oxygen atoms in total. The monoisotopic (exact) mass is 359 g/mol. The Morgan fingerprint density at radius 3 is 2.73 bits per heavy atom. The number of aromatic nitrogens is 4. The normalized spacial score (nSPS) is 10.6. The van der Waals surface area contributed by atoms with Crippen LogP contribution in [0.15, 0.2) is 53.4 Å². The minimum Gasteiger partial charge on any atom is -0.336 e. The minimum atomic E-state index is -0.111. The average molecular weight is 360 g/mol. The molecule has 1 N–H and O–H groups in total. The number of amides is 1. The van der Waals surface area contributed by atoms with E-state index in [2.05, 4.69) is 31.2 Å². The van der Waals surface area contributed by atoms with Gasteiger partial charge in [0, 0.05) is 26.0 Å². The number of halogens is 1. The molecular formula is C15H14BrN5O. The fourth-order valence-electron chi connectivity index (χ4n) is 2.13. The van der Waals surface area contributed by atoms with E-state index in [-0.39, 0.29) is 5.91 Å². The van der Waals surface area contributed by atoms with Gasteiger partial charge in [-0.3, -0.25) is 9.89 Å². The van der Waals surface area contributed by atoms with Crippen molar-refractivity contribution in [3.63, 3.8) is 0 Å². The van der Waals surface area contributed by atoms with E-state index in [1.165, 1.54) is 0 Å². The van der Waals surface area contributed by atoms with Crippen LogP contribution in [-0.4, -0.2) is 37.8 Å². The van der Waals surface area contributed by atoms with Gasteiger partial charge in [0.25, 0.3) is 5.91 Å². The van der Waals surface area contributed by atoms with E-state index in [9.17, 15) is 4.79 Å². The number of hydrogen-bond donors (Lipinski definition) is 1. The lowest BCUT2D eigenvalue weighted by atomic mass is 10.2. The van der Waals surface area contributed by atoms with E-state index in [1.54, 1.807) is 29.0 Å². The Balaban J connectivity index is 1.70. The number of carbonyl (C=O) groups excluding carboxylic acids is 1. The molecule has 112 valence electrons. The van der Waals surface area contributed by atoms with Gasteiger partial charge in [0.2, 0.25) is 0 Å². The van der Waals surface area contributed by atoms with Gasteiger partial charge in [0.15, 0.2) is 0 Å². The molecule has 0 bridgehead atoms. The third kappa shape index (κ3) is 2.94. The van der Waals surface area contributed by atoms with Crippen molar-refractivity contribution >= 4 is 21.8 Å². The number of nitrogens with one attached hydrogen (secondary N) is 1. The fraction of sp³-hybridized carbons (Fsp3) is 0.133. The summed E-state index contributed by atoms with van der Waals surface area (Å²) in [6.45, 7) is 0.518. The summed E-state index contributed by atoms with van der Waals surface area (Å²) in [4.78, 5) is 13.9. The lowest BCUT2D eigenvalue weighted by molar-refractivity contribution is 0.0778. The van der Waals surface area contributed by atoms with Gasteiger partial charge in [-0.15, -0.1) is 0 Å². The lowest BCUT2D eigenvalue weighted by Crippen LogP contribution is -2.26. The Hall–Kier alpha value is -2.41. The van der Waals surface area contributed by atoms with Gasteiger partial charge in [-0.05, 0) is 39.7 Å². The molecule has 0 saturated heterocycles. The highest BCUT2D eigenvalue weighted by Gasteiger charge is 2.16. The van der Waals surface area contributed by atoms with Gasteiger partial charge >= 0.3 is 0 Å². The van der Waals surface area contributed by atoms with Gasteiger partial charge in [-0.1, -0.05) is 12.1 Å². The molecule has 0 unspecified atom stereocenters. The van der Waals surface area contributed by atoms with Crippen molar-refractivity contribution in [3.8, 4) is 5.69 Å². The molecule has 2 heterocycles. The molecule has 0 saturated carbocycles. The molecule has 3 rings (SSSR count). The van der Waals surface area contributed by atoms with E-state index in [1.807, 2.05) is 36.5 Å². The Morgan fingerprint density at radius 2 is 2.14 bits per heavy atom. The lowest BCUT2D eigenvalue weighted by Gasteiger charge is -2.16. The van der Waals surface area contributed by atoms with E-state index >= 15 is 0 Å². The molecule has 7 heteroatoms. The van der Waals surface area contributed by atoms with Crippen molar-refractivity contribution in [2.24, 2.45) is 0 Å². The quantitative estimate of drug-likeness (QED) is 0.778. The predicted octanol–water partition coefficient (Wildman–Crippen LogP) is 2.63. The molecule has 1 aromatic carbocycles. The molecule has 1 amide bonds. The summed E-state index contributed by atoms with van der Waals surface area (Å²) in [7, 11) is 1.76. The minimum absolute atomic E-state index is 0.111. The molecule has 0 fully saturated rings. The smallest absolute Gasteiger partial charge is 0.273 e. The van der Waals surface area contributed by atoms with Crippen LogP contribution in [0.25, 0.3) is 5.69 Å². The van der Waals surface area contributed by atoms with Crippen molar-refractivity contribution in [1.29, 1.82) is 0 Å². The Bertz CT molecular complexity index is 764. The first-order valence-corrected chi connectivity index (χ1v) is 7.48. The summed E-state index contributed by atoms with van der Waals surface area (Å²) in [6, 6.07) is 9.81. The van der Waals surface area contributed by atoms with Crippen molar-refractivity contribution in [2.75, 3.05) is 7.05 Å². The first kappa shape index (κ1) is 14.5. The largest absolute Gasteiger partial charge is 0.336 e. The molecule has 0 aliphatic carbocycles. The average Bonchev–Trinajstić information content (AvgIpc) is 3.18. The summed E-state index contributed by atoms with van der Waals surface area (Å²) in [6.07, 6.45) is 5.20. The van der Waals surface area contributed by atoms with Crippen LogP contribution in [0.3, 0.4) is 0 Å². The first-order valence-electron chi connectivity index (χ1n) is 6.68. The third-order valence-electron chi connectivity index (χ3n) is 3.28. The van der Waals surface area contributed by atoms with Gasteiger partial charge < -0.3 is 4.90 Å². The number of nitrogens with zero attached hydrogens (tertiary/aromatic N) is 4. The Kier molecular flexibility index (Phi) is 4.06. The number of hydrogen-bond acceptors (Lipinski definition) is 3. The van der Waals surface area contributed by atoms with Crippen LogP contribution in [0.1, 0.15) is 16.1 Å². The SMILES string of the molecule is CN(Cc1ccc(-n2cccn2)cc1)C(=O)c1[nH]ncc1Br. The second-order valence-electron chi connectivity index (χ2n) is 4.87. The highest BCUT2D eigenvalue weighted by molar-refractivity contribution is 9.10. The molecule has 22 heavy (non-hydrogen) atoms. The van der Waals surface area contributed by atoms with Crippen LogP contribution in [0.4, 0.5) is 0 Å². The molecule has 0 spiro atoms. The highest BCUT2D eigenvalue weighted by Crippen LogP contribution is 2.16. The number of H-pyrrole nitrogens is 1. The van der Waals surface area contributed by atoms with Crippen molar-refractivity contribution in [3.05, 3.63) is 64.7 Å². The predicted molar refractivity (Wildman–Crippen MR) is 85.6 cm³/mol. The fourth-order valence-corrected chi connectivity index (χ4v) is 2.49. The standard InChI is InChI=1S/C15H14BrN5O/c1-20(15(22)14-13(16)9-17-19-14)10-11-3-5-12(6-4-11)21-8-2-7-18-21/h2-9H,10H2,1H3,(H,17,19). The van der Waals surface area contributed by atoms with Gasteiger partial charge in [-0.25, -0.2) is 4.68 Å². The van der Waals surface area contributed by atoms with Crippen LogP contribution in [0, 0.1) is 0 Å². The summed E-state index contributed by atoms with van der Waals surface area (Å²) >= 11 is 3.30. The zero-order valence-electron chi connectivity index (χ0n) is 11.9. The second-order valence-corrected chi connectivity index (χ2v) is 5.73. The summed E-state index contributed by atoms with van der Waals surface area (Å²) in [5.74, 6) is -0.111. The Morgan fingerprint density at radius 1 is 1.36 bits per heavy atom. The van der Waals surface area contributed by atoms with Crippen LogP contribution in [0.5, 0.6) is 0 Å². The molecule has 0 aliphatic rings. The second kappa shape index (κ2) is 6.15. The first-order chi connectivity index (χ1) is 10.6. The zero-order chi connectivity index (χ0) is 15.5. The zero-order valence-corrected chi connectivity index (χ0v) is 13.5. The molecular weight excluding hydrogens is 346 g/mol. The maximum Gasteiger partial charge on any atom is 0.273 e. The van der Waals surface area contributed by atoms with Gasteiger partial charge in [-0.2, -0.15) is 10.2 Å². The number of carbonyl (C=O) groups is 1. The Labute approximate surface area is 135 Å². The summed E-state index contributed by atoms with van der Waals surface area (Å²) in [5, 5.41) is 10.7. The molecule has 0 aliphatic heterocycles. The third-order valence-corrected chi connectivity index (χ3v) is 3.88. The number of rotatable bonds is 4. The molecule has 2 aromatic heterocycles. The summed E-state index contributed by atoms with van der Waals surface area (Å²) in [5.41, 5.74) is 2.48. The van der Waals surface area contributed by atoms with Crippen LogP contribution in [-0.2, 0) is 6.54 Å². The van der Waals surface area contributed by atoms with Gasteiger partial charge in [0.05, 0.1) is 16.4 Å². The van der Waals surface area contributed by atoms with E-state index in [4.69, 9.17) is 0 Å². The van der Waals surface area contributed by atoms with Crippen molar-refractivity contribution in [1.82, 2.24) is 24.9 Å². The van der Waals surface area contributed by atoms with Crippen LogP contribution in [0.2, 0.25) is 0 Å². The maximum atomic E-state index is 12.3. The maximum absolute atomic E-state index is 12.3. The topological polar surface area (TPSA) is 66.8 Å². The van der Waals surface area contributed by atoms with Crippen molar-refractivity contribution in [2.45, 2.75) is 6.54 Å². The number of benzene rings is 1. The molecule has 0 atom stereocenters. The number of aromatic amines is 1. The van der Waals surface area contributed by atoms with Gasteiger partial charge in [0.1, 0.15) is 5.69 Å². The molecule has 0 radical (unpaired) electrons. The van der Waals surface area contributed by atoms with Crippen LogP contribution >= 0.6 is 15.9 Å². The van der Waals surface area contributed by atoms with E-state index in [0.29, 0.717) is 16.7 Å². The van der Waals surface area contributed by atoms with E-state index in [0.717, 1.165) is 11.3 Å². The van der Waals surface area contributed by atoms with E-state index < -0.39 is 0 Å². The summed E-state index contributed by atoms with van der Waals surface area (Å²) < 4.78 is 2.46. The highest BCUT2D eigenvalue weighted by atomic mass is 79.9. The van der Waals surface area contributed by atoms with Crippen LogP contribution < -0.4 is 0 Å². The van der Waals surface area contributed by atoms with Crippen molar-refractivity contribution < 1.29 is 4.79 Å².